The lowest BCUT2D eigenvalue weighted by Gasteiger charge is -2.27. The maximum Gasteiger partial charge on any atom is 0.134 e. The van der Waals surface area contributed by atoms with Crippen LogP contribution in [0.2, 0.25) is 0 Å². The van der Waals surface area contributed by atoms with Crippen LogP contribution in [0.1, 0.15) is 44.6 Å². The minimum Gasteiger partial charge on any atom is -0.489 e. The van der Waals surface area contributed by atoms with Gasteiger partial charge < -0.3 is 4.74 Å². The van der Waals surface area contributed by atoms with Crippen molar-refractivity contribution in [2.75, 3.05) is 0 Å². The molecule has 88 valence electrons. The van der Waals surface area contributed by atoms with Gasteiger partial charge in [-0.05, 0) is 64.5 Å². The van der Waals surface area contributed by atoms with Gasteiger partial charge in [-0.15, -0.1) is 0 Å². The lowest BCUT2D eigenvalue weighted by Crippen LogP contribution is -2.24. The Bertz CT molecular complexity index is 361. The van der Waals surface area contributed by atoms with Crippen molar-refractivity contribution in [2.45, 2.75) is 50.0 Å². The Labute approximate surface area is 106 Å². The molecule has 1 aromatic rings. The third-order valence-electron chi connectivity index (χ3n) is 3.06. The molecule has 2 rings (SSSR count). The van der Waals surface area contributed by atoms with Crippen molar-refractivity contribution < 1.29 is 4.74 Å². The lowest BCUT2D eigenvalue weighted by atomic mass is 9.96. The lowest BCUT2D eigenvalue weighted by molar-refractivity contribution is 0.117. The molecule has 0 heterocycles. The molecular formula is C13H17ClOS. The first kappa shape index (κ1) is 12.1. The second-order valence-electron chi connectivity index (χ2n) is 4.61. The number of benzene rings is 1. The maximum atomic E-state index is 5.90. The molecule has 16 heavy (non-hydrogen) atoms. The number of hydrogen-bond donors (Lipinski definition) is 0. The van der Waals surface area contributed by atoms with Gasteiger partial charge in [0.15, 0.2) is 0 Å². The predicted molar refractivity (Wildman–Crippen MR) is 70.5 cm³/mol. The highest BCUT2D eigenvalue weighted by atomic mass is 35.7. The van der Waals surface area contributed by atoms with Crippen molar-refractivity contribution >= 4 is 21.7 Å². The third-order valence-corrected chi connectivity index (χ3v) is 4.05. The van der Waals surface area contributed by atoms with Crippen molar-refractivity contribution in [1.29, 1.82) is 0 Å². The van der Waals surface area contributed by atoms with Crippen LogP contribution in [0.5, 0.6) is 5.75 Å². The molecule has 0 aliphatic heterocycles. The molecule has 1 aliphatic carbocycles. The molecule has 0 amide bonds. The van der Waals surface area contributed by atoms with Gasteiger partial charge in [0.2, 0.25) is 0 Å². The topological polar surface area (TPSA) is 9.23 Å². The van der Waals surface area contributed by atoms with Gasteiger partial charge in [0.25, 0.3) is 0 Å². The Morgan fingerprint density at radius 1 is 1.38 bits per heavy atom. The molecule has 1 aliphatic rings. The summed E-state index contributed by atoms with van der Waals surface area (Å²) in [4.78, 5) is 1.04. The highest BCUT2D eigenvalue weighted by Crippen LogP contribution is 2.37. The number of rotatable bonds is 4. The van der Waals surface area contributed by atoms with E-state index in [0.29, 0.717) is 12.0 Å². The van der Waals surface area contributed by atoms with E-state index in [0.717, 1.165) is 10.6 Å². The zero-order chi connectivity index (χ0) is 11.5. The smallest absolute Gasteiger partial charge is 0.134 e. The Morgan fingerprint density at radius 3 is 2.62 bits per heavy atom. The number of ether oxygens (including phenoxy) is 1. The highest BCUT2D eigenvalue weighted by Gasteiger charge is 2.20. The molecule has 0 bridgehead atoms. The molecule has 0 spiro atoms. The predicted octanol–water partition coefficient (Wildman–Crippen LogP) is 4.99. The quantitative estimate of drug-likeness (QED) is 0.751. The van der Waals surface area contributed by atoms with Crippen LogP contribution in [0.4, 0.5) is 0 Å². The summed E-state index contributed by atoms with van der Waals surface area (Å²) < 4.78 is 5.90. The van der Waals surface area contributed by atoms with Crippen molar-refractivity contribution in [3.63, 3.8) is 0 Å². The Kier molecular flexibility index (Phi) is 4.04. The van der Waals surface area contributed by atoms with Gasteiger partial charge in [0, 0.05) is 0 Å². The standard InChI is InChI=1S/C13H17ClOS/c1-9(2)10-6-7-12(13(8-10)16-14)15-11-4-3-5-11/h6-9,11H,3-5H2,1-2H3. The van der Waals surface area contributed by atoms with Gasteiger partial charge in [-0.1, -0.05) is 19.9 Å². The van der Waals surface area contributed by atoms with Gasteiger partial charge in [0.1, 0.15) is 5.75 Å². The second-order valence-corrected chi connectivity index (χ2v) is 5.67. The van der Waals surface area contributed by atoms with Crippen LogP contribution < -0.4 is 4.74 Å². The fraction of sp³-hybridized carbons (Fsp3) is 0.538. The molecule has 1 nitrogen and oxygen atoms in total. The maximum absolute atomic E-state index is 5.90. The van der Waals surface area contributed by atoms with E-state index in [9.17, 15) is 0 Å². The van der Waals surface area contributed by atoms with Crippen LogP contribution in [-0.2, 0) is 0 Å². The Balaban J connectivity index is 2.16. The molecule has 0 saturated heterocycles. The van der Waals surface area contributed by atoms with Crippen LogP contribution >= 0.6 is 21.7 Å². The van der Waals surface area contributed by atoms with E-state index < -0.39 is 0 Å². The van der Waals surface area contributed by atoms with E-state index in [1.807, 2.05) is 0 Å². The summed E-state index contributed by atoms with van der Waals surface area (Å²) in [5, 5.41) is 0. The number of halogens is 1. The minimum atomic E-state index is 0.410. The van der Waals surface area contributed by atoms with Gasteiger partial charge in [-0.3, -0.25) is 0 Å². The summed E-state index contributed by atoms with van der Waals surface area (Å²) in [6.07, 6.45) is 4.06. The molecule has 0 radical (unpaired) electrons. The van der Waals surface area contributed by atoms with E-state index in [1.165, 1.54) is 35.8 Å². The van der Waals surface area contributed by atoms with Crippen LogP contribution in [0.15, 0.2) is 23.1 Å². The van der Waals surface area contributed by atoms with Crippen molar-refractivity contribution in [1.82, 2.24) is 0 Å². The molecule has 1 fully saturated rings. The summed E-state index contributed by atoms with van der Waals surface area (Å²) in [6.45, 7) is 4.37. The SMILES string of the molecule is CC(C)c1ccc(OC2CCC2)c(SCl)c1. The van der Waals surface area contributed by atoms with Gasteiger partial charge in [-0.25, -0.2) is 0 Å². The van der Waals surface area contributed by atoms with Crippen molar-refractivity contribution in [3.8, 4) is 5.75 Å². The summed E-state index contributed by atoms with van der Waals surface area (Å²) >= 11 is 0. The molecule has 0 atom stereocenters. The Morgan fingerprint density at radius 2 is 2.12 bits per heavy atom. The van der Waals surface area contributed by atoms with Crippen LogP contribution in [0.25, 0.3) is 0 Å². The average molecular weight is 257 g/mol. The van der Waals surface area contributed by atoms with E-state index in [-0.39, 0.29) is 0 Å². The van der Waals surface area contributed by atoms with Crippen molar-refractivity contribution in [3.05, 3.63) is 23.8 Å². The third kappa shape index (κ3) is 2.67. The van der Waals surface area contributed by atoms with E-state index >= 15 is 0 Å². The monoisotopic (exact) mass is 256 g/mol. The van der Waals surface area contributed by atoms with E-state index in [4.69, 9.17) is 15.4 Å². The molecule has 0 unspecified atom stereocenters. The zero-order valence-electron chi connectivity index (χ0n) is 9.70. The summed E-state index contributed by atoms with van der Waals surface area (Å²) in [7, 11) is 7.14. The zero-order valence-corrected chi connectivity index (χ0v) is 11.3. The molecule has 1 saturated carbocycles. The summed E-state index contributed by atoms with van der Waals surface area (Å²) in [5.41, 5.74) is 1.31. The Hall–Kier alpha value is -0.340. The van der Waals surface area contributed by atoms with Crippen LogP contribution in [-0.4, -0.2) is 6.10 Å². The first-order chi connectivity index (χ1) is 7.70. The molecule has 0 N–H and O–H groups in total. The van der Waals surface area contributed by atoms with Gasteiger partial charge in [0.05, 0.1) is 11.0 Å². The fourth-order valence-electron chi connectivity index (χ4n) is 1.71. The molecule has 3 heteroatoms. The fourth-order valence-corrected chi connectivity index (χ4v) is 2.44. The molecular weight excluding hydrogens is 240 g/mol. The largest absolute Gasteiger partial charge is 0.489 e. The first-order valence-corrected chi connectivity index (χ1v) is 7.44. The second kappa shape index (κ2) is 5.33. The van der Waals surface area contributed by atoms with Crippen LogP contribution in [0.3, 0.4) is 0 Å². The van der Waals surface area contributed by atoms with Crippen LogP contribution in [0, 0.1) is 0 Å². The van der Waals surface area contributed by atoms with Crippen molar-refractivity contribution in [2.24, 2.45) is 0 Å². The van der Waals surface area contributed by atoms with E-state index in [2.05, 4.69) is 32.0 Å². The normalized spacial score (nSPS) is 16.2. The first-order valence-electron chi connectivity index (χ1n) is 5.80. The summed E-state index contributed by atoms with van der Waals surface area (Å²) in [5.74, 6) is 1.47. The van der Waals surface area contributed by atoms with Gasteiger partial charge >= 0.3 is 0 Å². The van der Waals surface area contributed by atoms with E-state index in [1.54, 1.807) is 0 Å². The summed E-state index contributed by atoms with van der Waals surface area (Å²) in [6, 6.07) is 6.32. The highest BCUT2D eigenvalue weighted by molar-refractivity contribution is 8.21. The minimum absolute atomic E-state index is 0.410. The number of hydrogen-bond acceptors (Lipinski definition) is 2. The average Bonchev–Trinajstić information content (AvgIpc) is 2.23. The van der Waals surface area contributed by atoms with Gasteiger partial charge in [-0.2, -0.15) is 0 Å². The molecule has 1 aromatic carbocycles. The molecule has 0 aromatic heterocycles.